The van der Waals surface area contributed by atoms with E-state index in [-0.39, 0.29) is 12.5 Å². The van der Waals surface area contributed by atoms with E-state index >= 15 is 0 Å². The molecule has 6 heteroatoms. The van der Waals surface area contributed by atoms with Crippen molar-refractivity contribution in [2.45, 2.75) is 33.8 Å². The van der Waals surface area contributed by atoms with Crippen LogP contribution in [0.25, 0.3) is 11.4 Å². The number of hydrogen-bond acceptors (Lipinski definition) is 5. The monoisotopic (exact) mass is 379 g/mol. The third kappa shape index (κ3) is 5.19. The van der Waals surface area contributed by atoms with Gasteiger partial charge in [-0.05, 0) is 31.4 Å². The van der Waals surface area contributed by atoms with E-state index in [2.05, 4.69) is 29.3 Å². The lowest BCUT2D eigenvalue weighted by molar-refractivity contribution is 0.0946. The summed E-state index contributed by atoms with van der Waals surface area (Å²) in [5, 5.41) is 6.93. The highest BCUT2D eigenvalue weighted by Crippen LogP contribution is 2.21. The van der Waals surface area contributed by atoms with Crippen molar-refractivity contribution in [2.75, 3.05) is 6.54 Å². The number of rotatable bonds is 8. The number of aromatic nitrogens is 2. The normalized spacial score (nSPS) is 10.9. The third-order valence-corrected chi connectivity index (χ3v) is 4.27. The van der Waals surface area contributed by atoms with E-state index in [1.54, 1.807) is 12.1 Å². The SMILES string of the molecule is Cc1ccc(-c2noc(COc3ccccc3C(=O)NCCC(C)C)n2)cc1. The molecule has 0 aliphatic heterocycles. The van der Waals surface area contributed by atoms with Gasteiger partial charge < -0.3 is 14.6 Å². The molecule has 0 unspecified atom stereocenters. The molecule has 0 aliphatic rings. The largest absolute Gasteiger partial charge is 0.483 e. The number of carbonyl (C=O) groups excluding carboxylic acids is 1. The Morgan fingerprint density at radius 1 is 1.14 bits per heavy atom. The first kappa shape index (κ1) is 19.6. The first-order valence-corrected chi connectivity index (χ1v) is 9.42. The number of nitrogens with zero attached hydrogens (tertiary/aromatic N) is 2. The average molecular weight is 379 g/mol. The van der Waals surface area contributed by atoms with Gasteiger partial charge in [-0.3, -0.25) is 4.79 Å². The van der Waals surface area contributed by atoms with Crippen molar-refractivity contribution >= 4 is 5.91 Å². The Morgan fingerprint density at radius 3 is 2.64 bits per heavy atom. The van der Waals surface area contributed by atoms with Gasteiger partial charge in [0.15, 0.2) is 6.61 Å². The Bertz CT molecular complexity index is 917. The van der Waals surface area contributed by atoms with Gasteiger partial charge in [0.1, 0.15) is 5.75 Å². The minimum atomic E-state index is -0.151. The highest BCUT2D eigenvalue weighted by Gasteiger charge is 2.14. The number of para-hydroxylation sites is 1. The molecule has 1 amide bonds. The molecule has 3 rings (SSSR count). The molecule has 0 saturated heterocycles. The van der Waals surface area contributed by atoms with Gasteiger partial charge in [0.25, 0.3) is 11.8 Å². The summed E-state index contributed by atoms with van der Waals surface area (Å²) < 4.78 is 11.1. The molecule has 3 aromatic rings. The van der Waals surface area contributed by atoms with Crippen LogP contribution in [0.5, 0.6) is 5.75 Å². The zero-order valence-electron chi connectivity index (χ0n) is 16.4. The number of hydrogen-bond donors (Lipinski definition) is 1. The second-order valence-corrected chi connectivity index (χ2v) is 7.10. The first-order chi connectivity index (χ1) is 13.5. The molecule has 1 N–H and O–H groups in total. The Hall–Kier alpha value is -3.15. The van der Waals surface area contributed by atoms with Crippen LogP contribution < -0.4 is 10.1 Å². The molecule has 0 radical (unpaired) electrons. The minimum Gasteiger partial charge on any atom is -0.483 e. The molecule has 28 heavy (non-hydrogen) atoms. The van der Waals surface area contributed by atoms with E-state index in [0.29, 0.717) is 35.5 Å². The van der Waals surface area contributed by atoms with Gasteiger partial charge in [-0.2, -0.15) is 4.98 Å². The van der Waals surface area contributed by atoms with Crippen LogP contribution >= 0.6 is 0 Å². The van der Waals surface area contributed by atoms with Crippen LogP contribution in [0.3, 0.4) is 0 Å². The summed E-state index contributed by atoms with van der Waals surface area (Å²) >= 11 is 0. The van der Waals surface area contributed by atoms with Gasteiger partial charge in [-0.1, -0.05) is 61.0 Å². The maximum atomic E-state index is 12.4. The minimum absolute atomic E-state index is 0.0924. The van der Waals surface area contributed by atoms with Crippen LogP contribution in [-0.2, 0) is 6.61 Å². The summed E-state index contributed by atoms with van der Waals surface area (Å²) in [6, 6.07) is 15.0. The van der Waals surface area contributed by atoms with Gasteiger partial charge in [0, 0.05) is 12.1 Å². The molecular formula is C22H25N3O3. The van der Waals surface area contributed by atoms with E-state index < -0.39 is 0 Å². The predicted molar refractivity (Wildman–Crippen MR) is 107 cm³/mol. The Labute approximate surface area is 164 Å². The maximum absolute atomic E-state index is 12.4. The van der Waals surface area contributed by atoms with Crippen molar-refractivity contribution in [3.63, 3.8) is 0 Å². The van der Waals surface area contributed by atoms with E-state index in [1.165, 1.54) is 5.56 Å². The first-order valence-electron chi connectivity index (χ1n) is 9.42. The Kier molecular flexibility index (Phi) is 6.42. The van der Waals surface area contributed by atoms with E-state index in [4.69, 9.17) is 9.26 Å². The van der Waals surface area contributed by atoms with Gasteiger partial charge in [-0.25, -0.2) is 0 Å². The van der Waals surface area contributed by atoms with Crippen molar-refractivity contribution in [2.24, 2.45) is 5.92 Å². The summed E-state index contributed by atoms with van der Waals surface area (Å²) in [4.78, 5) is 16.8. The lowest BCUT2D eigenvalue weighted by Crippen LogP contribution is -2.25. The molecular weight excluding hydrogens is 354 g/mol. The van der Waals surface area contributed by atoms with E-state index in [0.717, 1.165) is 12.0 Å². The second kappa shape index (κ2) is 9.17. The average Bonchev–Trinajstić information content (AvgIpc) is 3.16. The number of nitrogens with one attached hydrogen (secondary N) is 1. The molecule has 1 aromatic heterocycles. The maximum Gasteiger partial charge on any atom is 0.264 e. The van der Waals surface area contributed by atoms with Crippen LogP contribution in [0, 0.1) is 12.8 Å². The van der Waals surface area contributed by atoms with Crippen LogP contribution in [0.1, 0.15) is 42.1 Å². The molecule has 0 atom stereocenters. The summed E-state index contributed by atoms with van der Waals surface area (Å²) in [7, 11) is 0. The van der Waals surface area contributed by atoms with Gasteiger partial charge in [0.2, 0.25) is 5.82 Å². The van der Waals surface area contributed by atoms with Crippen molar-refractivity contribution in [1.29, 1.82) is 0 Å². The number of aryl methyl sites for hydroxylation is 1. The standard InChI is InChI=1S/C22H25N3O3/c1-15(2)12-13-23-22(26)18-6-4-5-7-19(18)27-14-20-24-21(25-28-20)17-10-8-16(3)9-11-17/h4-11,15H,12-14H2,1-3H3,(H,23,26). The quantitative estimate of drug-likeness (QED) is 0.628. The van der Waals surface area contributed by atoms with Gasteiger partial charge in [-0.15, -0.1) is 0 Å². The molecule has 0 fully saturated rings. The number of carbonyl (C=O) groups is 1. The highest BCUT2D eigenvalue weighted by molar-refractivity contribution is 5.96. The molecule has 0 aliphatic carbocycles. The number of benzene rings is 2. The van der Waals surface area contributed by atoms with Gasteiger partial charge >= 0.3 is 0 Å². The molecule has 146 valence electrons. The van der Waals surface area contributed by atoms with Gasteiger partial charge in [0.05, 0.1) is 5.56 Å². The van der Waals surface area contributed by atoms with Crippen LogP contribution in [-0.4, -0.2) is 22.6 Å². The lowest BCUT2D eigenvalue weighted by Gasteiger charge is -2.11. The molecule has 0 bridgehead atoms. The fraction of sp³-hybridized carbons (Fsp3) is 0.318. The third-order valence-electron chi connectivity index (χ3n) is 4.27. The number of ether oxygens (including phenoxy) is 1. The molecule has 2 aromatic carbocycles. The van der Waals surface area contributed by atoms with Crippen LogP contribution in [0.2, 0.25) is 0 Å². The lowest BCUT2D eigenvalue weighted by atomic mass is 10.1. The summed E-state index contributed by atoms with van der Waals surface area (Å²) in [6.07, 6.45) is 0.929. The van der Waals surface area contributed by atoms with Crippen molar-refractivity contribution < 1.29 is 14.1 Å². The molecule has 0 spiro atoms. The molecule has 1 heterocycles. The highest BCUT2D eigenvalue weighted by atomic mass is 16.5. The van der Waals surface area contributed by atoms with E-state index in [9.17, 15) is 4.79 Å². The smallest absolute Gasteiger partial charge is 0.264 e. The topological polar surface area (TPSA) is 77.2 Å². The second-order valence-electron chi connectivity index (χ2n) is 7.10. The summed E-state index contributed by atoms with van der Waals surface area (Å²) in [5.41, 5.74) is 2.54. The van der Waals surface area contributed by atoms with Crippen LogP contribution in [0.15, 0.2) is 53.1 Å². The number of amides is 1. The molecule has 6 nitrogen and oxygen atoms in total. The fourth-order valence-electron chi connectivity index (χ4n) is 2.62. The van der Waals surface area contributed by atoms with E-state index in [1.807, 2.05) is 43.3 Å². The van der Waals surface area contributed by atoms with Crippen molar-refractivity contribution in [3.8, 4) is 17.1 Å². The fourth-order valence-corrected chi connectivity index (χ4v) is 2.62. The molecule has 0 saturated carbocycles. The zero-order valence-corrected chi connectivity index (χ0v) is 16.4. The Balaban J connectivity index is 1.63. The summed E-state index contributed by atoms with van der Waals surface area (Å²) in [5.74, 6) is 1.73. The summed E-state index contributed by atoms with van der Waals surface area (Å²) in [6.45, 7) is 7.00. The van der Waals surface area contributed by atoms with Crippen molar-refractivity contribution in [3.05, 3.63) is 65.5 Å². The van der Waals surface area contributed by atoms with Crippen LogP contribution in [0.4, 0.5) is 0 Å². The predicted octanol–water partition coefficient (Wildman–Crippen LogP) is 4.40. The zero-order chi connectivity index (χ0) is 19.9. The van der Waals surface area contributed by atoms with Crippen molar-refractivity contribution in [1.82, 2.24) is 15.5 Å². The Morgan fingerprint density at radius 2 is 1.89 bits per heavy atom.